The maximum absolute atomic E-state index is 12.2. The summed E-state index contributed by atoms with van der Waals surface area (Å²) in [6.45, 7) is 2.44. The summed E-state index contributed by atoms with van der Waals surface area (Å²) in [6.07, 6.45) is 0. The second kappa shape index (κ2) is 8.00. The molecule has 2 amide bonds. The van der Waals surface area contributed by atoms with Gasteiger partial charge in [0.15, 0.2) is 0 Å². The van der Waals surface area contributed by atoms with Crippen LogP contribution in [0.2, 0.25) is 0 Å². The minimum atomic E-state index is -0.271. The molecule has 0 spiro atoms. The van der Waals surface area contributed by atoms with Crippen LogP contribution in [-0.4, -0.2) is 48.3 Å². The molecule has 9 nitrogen and oxygen atoms in total. The van der Waals surface area contributed by atoms with Gasteiger partial charge in [-0.3, -0.25) is 10.00 Å². The first-order chi connectivity index (χ1) is 12.6. The van der Waals surface area contributed by atoms with Crippen LogP contribution in [0.5, 0.6) is 0 Å². The molecule has 0 aliphatic heterocycles. The molecule has 0 fully saturated rings. The number of rotatable bonds is 6. The van der Waals surface area contributed by atoms with E-state index in [0.717, 1.165) is 16.8 Å². The molecule has 0 unspecified atom stereocenters. The average molecular weight is 372 g/mol. The molecule has 26 heavy (non-hydrogen) atoms. The van der Waals surface area contributed by atoms with Gasteiger partial charge in [0.25, 0.3) is 0 Å². The van der Waals surface area contributed by atoms with E-state index >= 15 is 0 Å². The van der Waals surface area contributed by atoms with E-state index in [1.165, 1.54) is 11.8 Å². The van der Waals surface area contributed by atoms with Crippen molar-refractivity contribution in [2.75, 3.05) is 17.6 Å². The van der Waals surface area contributed by atoms with Crippen LogP contribution in [0.1, 0.15) is 5.56 Å². The molecule has 2 N–H and O–H groups in total. The van der Waals surface area contributed by atoms with Crippen LogP contribution >= 0.6 is 11.8 Å². The summed E-state index contributed by atoms with van der Waals surface area (Å²) in [5, 5.41) is 22.1. The van der Waals surface area contributed by atoms with Gasteiger partial charge in [0, 0.05) is 37.5 Å². The molecule has 3 aromatic rings. The first-order valence-electron chi connectivity index (χ1n) is 8.05. The Morgan fingerprint density at radius 3 is 2.65 bits per heavy atom. The maximum atomic E-state index is 12.2. The Balaban J connectivity index is 1.56. The van der Waals surface area contributed by atoms with Crippen molar-refractivity contribution in [3.05, 3.63) is 35.9 Å². The molecule has 1 aromatic carbocycles. The summed E-state index contributed by atoms with van der Waals surface area (Å²) in [4.78, 5) is 12.2. The summed E-state index contributed by atoms with van der Waals surface area (Å²) in [6, 6.07) is 9.62. The fraction of sp³-hybridized carbons (Fsp3) is 0.312. The Hall–Kier alpha value is -2.88. The molecule has 136 valence electrons. The van der Waals surface area contributed by atoms with Crippen molar-refractivity contribution in [3.8, 4) is 11.3 Å². The van der Waals surface area contributed by atoms with Crippen molar-refractivity contribution in [3.63, 3.8) is 0 Å². The number of tetrazole rings is 1. The third-order valence-electron chi connectivity index (χ3n) is 3.76. The Labute approximate surface area is 155 Å². The van der Waals surface area contributed by atoms with E-state index in [9.17, 15) is 4.79 Å². The fourth-order valence-corrected chi connectivity index (χ4v) is 3.18. The van der Waals surface area contributed by atoms with Gasteiger partial charge < -0.3 is 5.32 Å². The number of amides is 2. The Kier molecular flexibility index (Phi) is 5.52. The zero-order valence-corrected chi connectivity index (χ0v) is 15.6. The van der Waals surface area contributed by atoms with Gasteiger partial charge in [-0.05, 0) is 17.4 Å². The molecule has 10 heteroatoms. The van der Waals surface area contributed by atoms with Crippen LogP contribution in [0.25, 0.3) is 11.3 Å². The molecule has 0 aliphatic rings. The Morgan fingerprint density at radius 2 is 1.96 bits per heavy atom. The molecule has 0 aliphatic carbocycles. The number of nitrogens with one attached hydrogen (secondary N) is 2. The lowest BCUT2D eigenvalue weighted by Crippen LogP contribution is -2.31. The second-order valence-electron chi connectivity index (χ2n) is 5.63. The van der Waals surface area contributed by atoms with Gasteiger partial charge in [-0.2, -0.15) is 5.10 Å². The van der Waals surface area contributed by atoms with Crippen LogP contribution in [0.4, 0.5) is 10.6 Å². The highest BCUT2D eigenvalue weighted by molar-refractivity contribution is 7.99. The third-order valence-corrected chi connectivity index (χ3v) is 4.78. The van der Waals surface area contributed by atoms with Gasteiger partial charge in [0.1, 0.15) is 5.82 Å². The molecule has 2 heterocycles. The monoisotopic (exact) mass is 372 g/mol. The quantitative estimate of drug-likeness (QED) is 0.505. The standard InChI is InChI=1S/C16H20N8OS/c1-11-13(12-7-5-4-6-8-12)20-23(2)14(11)18-15(25)17-9-10-26-16-19-21-22-24(16)3/h4-8H,9-10H2,1-3H3,(H2,17,18,25). The van der Waals surface area contributed by atoms with Gasteiger partial charge in [-0.25, -0.2) is 9.48 Å². The third kappa shape index (κ3) is 4.02. The lowest BCUT2D eigenvalue weighted by atomic mass is 10.1. The van der Waals surface area contributed by atoms with Crippen molar-refractivity contribution >= 4 is 23.6 Å². The molecule has 2 aromatic heterocycles. The summed E-state index contributed by atoms with van der Waals surface area (Å²) in [5.41, 5.74) is 2.80. The van der Waals surface area contributed by atoms with Gasteiger partial charge in [-0.1, -0.05) is 42.1 Å². The van der Waals surface area contributed by atoms with E-state index in [1.54, 1.807) is 16.4 Å². The van der Waals surface area contributed by atoms with Crippen molar-refractivity contribution < 1.29 is 4.79 Å². The first kappa shape index (κ1) is 17.9. The number of carbonyl (C=O) groups excluding carboxylic acids is 1. The normalized spacial score (nSPS) is 10.7. The summed E-state index contributed by atoms with van der Waals surface area (Å²) in [5.74, 6) is 1.34. The highest BCUT2D eigenvalue weighted by Gasteiger charge is 2.15. The smallest absolute Gasteiger partial charge is 0.320 e. The number of hydrogen-bond acceptors (Lipinski definition) is 6. The molecular weight excluding hydrogens is 352 g/mol. The van der Waals surface area contributed by atoms with Gasteiger partial charge in [0.2, 0.25) is 5.16 Å². The Morgan fingerprint density at radius 1 is 1.19 bits per heavy atom. The lowest BCUT2D eigenvalue weighted by Gasteiger charge is -2.08. The van der Waals surface area contributed by atoms with Gasteiger partial charge >= 0.3 is 6.03 Å². The number of carbonyl (C=O) groups is 1. The summed E-state index contributed by atoms with van der Waals surface area (Å²) < 4.78 is 3.27. The van der Waals surface area contributed by atoms with Crippen LogP contribution in [0.3, 0.4) is 0 Å². The van der Waals surface area contributed by atoms with Crippen molar-refractivity contribution in [2.45, 2.75) is 12.1 Å². The zero-order valence-electron chi connectivity index (χ0n) is 14.8. The topological polar surface area (TPSA) is 103 Å². The lowest BCUT2D eigenvalue weighted by molar-refractivity contribution is 0.252. The minimum absolute atomic E-state index is 0.271. The number of anilines is 1. The largest absolute Gasteiger partial charge is 0.337 e. The highest BCUT2D eigenvalue weighted by Crippen LogP contribution is 2.27. The van der Waals surface area contributed by atoms with Crippen molar-refractivity contribution in [1.29, 1.82) is 0 Å². The average Bonchev–Trinajstić information content (AvgIpc) is 3.17. The number of nitrogens with zero attached hydrogens (tertiary/aromatic N) is 6. The molecule has 0 saturated heterocycles. The Bertz CT molecular complexity index is 889. The molecule has 0 bridgehead atoms. The zero-order chi connectivity index (χ0) is 18.5. The van der Waals surface area contributed by atoms with Crippen LogP contribution in [0, 0.1) is 6.92 Å². The van der Waals surface area contributed by atoms with Crippen LogP contribution in [-0.2, 0) is 14.1 Å². The molecule has 3 rings (SSSR count). The summed E-state index contributed by atoms with van der Waals surface area (Å²) >= 11 is 1.48. The second-order valence-corrected chi connectivity index (χ2v) is 6.69. The van der Waals surface area contributed by atoms with E-state index in [1.807, 2.05) is 44.3 Å². The number of aryl methyl sites for hydroxylation is 2. The van der Waals surface area contributed by atoms with Crippen LogP contribution in [0.15, 0.2) is 35.5 Å². The predicted octanol–water partition coefficient (Wildman–Crippen LogP) is 1.83. The number of hydrogen-bond donors (Lipinski definition) is 2. The number of thioether (sulfide) groups is 1. The first-order valence-corrected chi connectivity index (χ1v) is 9.04. The van der Waals surface area contributed by atoms with E-state index in [0.29, 0.717) is 23.3 Å². The van der Waals surface area contributed by atoms with Crippen molar-refractivity contribution in [2.24, 2.45) is 14.1 Å². The minimum Gasteiger partial charge on any atom is -0.337 e. The number of aromatic nitrogens is 6. The fourth-order valence-electron chi connectivity index (χ4n) is 2.48. The number of benzene rings is 1. The van der Waals surface area contributed by atoms with Crippen molar-refractivity contribution in [1.82, 2.24) is 35.3 Å². The number of urea groups is 1. The predicted molar refractivity (Wildman–Crippen MR) is 99.9 cm³/mol. The molecule has 0 radical (unpaired) electrons. The van der Waals surface area contributed by atoms with E-state index in [4.69, 9.17) is 0 Å². The molecule has 0 saturated carbocycles. The van der Waals surface area contributed by atoms with Gasteiger partial charge in [0.05, 0.1) is 5.69 Å². The van der Waals surface area contributed by atoms with E-state index in [-0.39, 0.29) is 6.03 Å². The highest BCUT2D eigenvalue weighted by atomic mass is 32.2. The van der Waals surface area contributed by atoms with E-state index in [2.05, 4.69) is 31.3 Å². The van der Waals surface area contributed by atoms with E-state index < -0.39 is 0 Å². The molecule has 0 atom stereocenters. The van der Waals surface area contributed by atoms with Gasteiger partial charge in [-0.15, -0.1) is 5.10 Å². The SMILES string of the molecule is Cc1c(-c2ccccc2)nn(C)c1NC(=O)NCCSc1nnnn1C. The van der Waals surface area contributed by atoms with Crippen LogP contribution < -0.4 is 10.6 Å². The molecular formula is C16H20N8OS. The summed E-state index contributed by atoms with van der Waals surface area (Å²) in [7, 11) is 3.59. The maximum Gasteiger partial charge on any atom is 0.320 e.